The lowest BCUT2D eigenvalue weighted by molar-refractivity contribution is -0.134. The molecule has 0 spiro atoms. The van der Waals surface area contributed by atoms with Crippen molar-refractivity contribution in [3.05, 3.63) is 11.6 Å². The number of rotatable bonds is 1. The Balaban J connectivity index is 0. The molecule has 0 aliphatic heterocycles. The van der Waals surface area contributed by atoms with Crippen molar-refractivity contribution >= 4 is 23.5 Å². The average Bonchev–Trinajstić information content (AvgIpc) is 1.63. The molecule has 5 heteroatoms. The molecule has 0 amide bonds. The number of carboxylic acid groups (broad SMARTS) is 2. The van der Waals surface area contributed by atoms with Crippen molar-refractivity contribution in [2.24, 2.45) is 0 Å². The summed E-state index contributed by atoms with van der Waals surface area (Å²) in [6.07, 6.45) is 0. The highest BCUT2D eigenvalue weighted by Crippen LogP contribution is 1.92. The summed E-state index contributed by atoms with van der Waals surface area (Å²) in [5.74, 6) is -2.00. The zero-order chi connectivity index (χ0) is 8.73. The first-order valence-electron chi connectivity index (χ1n) is 2.15. The number of hydrogen-bond acceptors (Lipinski definition) is 2. The minimum absolute atomic E-state index is 0.352. The van der Waals surface area contributed by atoms with E-state index in [9.17, 15) is 4.79 Å². The van der Waals surface area contributed by atoms with Crippen molar-refractivity contribution in [3.8, 4) is 0 Å². The van der Waals surface area contributed by atoms with Crippen LogP contribution in [0.2, 0.25) is 0 Å². The van der Waals surface area contributed by atoms with E-state index in [2.05, 4.69) is 6.58 Å². The van der Waals surface area contributed by atoms with Crippen LogP contribution in [0.25, 0.3) is 0 Å². The van der Waals surface area contributed by atoms with Gasteiger partial charge >= 0.3 is 5.97 Å². The Labute approximate surface area is 62.7 Å². The normalized spacial score (nSPS) is 7.00. The second kappa shape index (κ2) is 6.10. The summed E-state index contributed by atoms with van der Waals surface area (Å²) >= 11 is 4.82. The van der Waals surface area contributed by atoms with E-state index in [-0.39, 0.29) is 5.03 Å². The monoisotopic (exact) mass is 166 g/mol. The molecule has 0 aromatic heterocycles. The Bertz CT molecular complexity index is 136. The van der Waals surface area contributed by atoms with E-state index >= 15 is 0 Å². The molecule has 0 unspecified atom stereocenters. The number of carbonyl (C=O) groups is 2. The largest absolute Gasteiger partial charge is 0.481 e. The third-order valence-electron chi connectivity index (χ3n) is 0.232. The molecular weight excluding hydrogens is 160 g/mol. The van der Waals surface area contributed by atoms with Gasteiger partial charge < -0.3 is 10.2 Å². The van der Waals surface area contributed by atoms with Crippen molar-refractivity contribution < 1.29 is 19.8 Å². The van der Waals surface area contributed by atoms with Gasteiger partial charge in [-0.05, 0) is 0 Å². The van der Waals surface area contributed by atoms with Crippen LogP contribution in [0.3, 0.4) is 0 Å². The fourth-order valence-corrected chi connectivity index (χ4v) is 0. The van der Waals surface area contributed by atoms with Gasteiger partial charge in [0.15, 0.2) is 0 Å². The van der Waals surface area contributed by atoms with Crippen molar-refractivity contribution in [2.75, 3.05) is 0 Å². The van der Waals surface area contributed by atoms with E-state index in [4.69, 9.17) is 26.6 Å². The third-order valence-corrected chi connectivity index (χ3v) is 0.394. The van der Waals surface area contributed by atoms with Gasteiger partial charge in [0.1, 0.15) is 5.03 Å². The van der Waals surface area contributed by atoms with Gasteiger partial charge in [-0.2, -0.15) is 0 Å². The van der Waals surface area contributed by atoms with Gasteiger partial charge in [-0.3, -0.25) is 4.79 Å². The standard InChI is InChI=1S/C3H3ClO2.C2H4O2/c1-2(4)3(5)6;1-2(3)4/h1H2,(H,5,6);1H3,(H,3,4). The van der Waals surface area contributed by atoms with Crippen molar-refractivity contribution in [2.45, 2.75) is 6.92 Å². The molecule has 2 N–H and O–H groups in total. The molecule has 0 saturated heterocycles. The van der Waals surface area contributed by atoms with Gasteiger partial charge in [0, 0.05) is 6.92 Å². The molecule has 0 fully saturated rings. The van der Waals surface area contributed by atoms with Crippen LogP contribution in [0.5, 0.6) is 0 Å². The molecule has 0 saturated carbocycles. The van der Waals surface area contributed by atoms with Gasteiger partial charge in [-0.25, -0.2) is 4.79 Å². The molecule has 0 rings (SSSR count). The molecule has 0 aromatic carbocycles. The van der Waals surface area contributed by atoms with Gasteiger partial charge in [0.25, 0.3) is 5.97 Å². The molecule has 0 radical (unpaired) electrons. The highest BCUT2D eigenvalue weighted by atomic mass is 35.5. The van der Waals surface area contributed by atoms with Crippen molar-refractivity contribution in [1.29, 1.82) is 0 Å². The first-order valence-corrected chi connectivity index (χ1v) is 2.53. The van der Waals surface area contributed by atoms with Crippen LogP contribution in [0.4, 0.5) is 0 Å². The highest BCUT2D eigenvalue weighted by molar-refractivity contribution is 6.40. The van der Waals surface area contributed by atoms with Crippen LogP contribution >= 0.6 is 11.6 Å². The lowest BCUT2D eigenvalue weighted by Crippen LogP contribution is -1.89. The maximum Gasteiger partial charge on any atom is 0.346 e. The molecule has 58 valence electrons. The molecule has 0 atom stereocenters. The van der Waals surface area contributed by atoms with E-state index in [1.807, 2.05) is 0 Å². The Morgan fingerprint density at radius 1 is 1.40 bits per heavy atom. The first-order chi connectivity index (χ1) is 4.37. The van der Waals surface area contributed by atoms with Gasteiger partial charge in [-0.15, -0.1) is 0 Å². The number of hydrogen-bond donors (Lipinski definition) is 2. The molecule has 4 nitrogen and oxygen atoms in total. The maximum absolute atomic E-state index is 9.47. The van der Waals surface area contributed by atoms with Gasteiger partial charge in [0.2, 0.25) is 0 Å². The zero-order valence-electron chi connectivity index (χ0n) is 5.30. The number of halogens is 1. The molecule has 0 aromatic rings. The van der Waals surface area contributed by atoms with E-state index < -0.39 is 11.9 Å². The second-order valence-corrected chi connectivity index (χ2v) is 1.69. The fraction of sp³-hybridized carbons (Fsp3) is 0.200. The first kappa shape index (κ1) is 11.7. The van der Waals surface area contributed by atoms with Gasteiger partial charge in [-0.1, -0.05) is 18.2 Å². The third kappa shape index (κ3) is 28.2. The summed E-state index contributed by atoms with van der Waals surface area (Å²) in [6, 6.07) is 0. The van der Waals surface area contributed by atoms with Gasteiger partial charge in [0.05, 0.1) is 0 Å². The van der Waals surface area contributed by atoms with Crippen LogP contribution in [-0.4, -0.2) is 22.2 Å². The van der Waals surface area contributed by atoms with Crippen LogP contribution in [0.1, 0.15) is 6.92 Å². The topological polar surface area (TPSA) is 74.6 Å². The Morgan fingerprint density at radius 2 is 1.50 bits per heavy atom. The summed E-state index contributed by atoms with van der Waals surface area (Å²) in [6.45, 7) is 4.00. The Morgan fingerprint density at radius 3 is 1.50 bits per heavy atom. The minimum Gasteiger partial charge on any atom is -0.481 e. The van der Waals surface area contributed by atoms with E-state index in [1.54, 1.807) is 0 Å². The quantitative estimate of drug-likeness (QED) is 0.568. The fourth-order valence-electron chi connectivity index (χ4n) is 0. The lowest BCUT2D eigenvalue weighted by Gasteiger charge is -1.76. The molecule has 0 heterocycles. The van der Waals surface area contributed by atoms with Crippen LogP contribution in [0.15, 0.2) is 11.6 Å². The average molecular weight is 167 g/mol. The predicted molar refractivity (Wildman–Crippen MR) is 35.9 cm³/mol. The maximum atomic E-state index is 9.47. The van der Waals surface area contributed by atoms with Crippen molar-refractivity contribution in [3.63, 3.8) is 0 Å². The highest BCUT2D eigenvalue weighted by Gasteiger charge is 1.93. The summed E-state index contributed by atoms with van der Waals surface area (Å²) in [7, 11) is 0. The lowest BCUT2D eigenvalue weighted by atomic mass is 10.7. The molecule has 10 heavy (non-hydrogen) atoms. The molecule has 0 bridgehead atoms. The summed E-state index contributed by atoms with van der Waals surface area (Å²) in [5.41, 5.74) is 0. The van der Waals surface area contributed by atoms with Crippen LogP contribution in [-0.2, 0) is 9.59 Å². The van der Waals surface area contributed by atoms with Crippen LogP contribution in [0, 0.1) is 0 Å². The van der Waals surface area contributed by atoms with Crippen LogP contribution < -0.4 is 0 Å². The van der Waals surface area contributed by atoms with E-state index in [1.165, 1.54) is 0 Å². The summed E-state index contributed by atoms with van der Waals surface area (Å²) in [4.78, 5) is 18.5. The smallest absolute Gasteiger partial charge is 0.346 e. The predicted octanol–water partition coefficient (Wildman–Crippen LogP) is 0.914. The Kier molecular flexibility index (Phi) is 7.15. The van der Waals surface area contributed by atoms with E-state index in [0.29, 0.717) is 0 Å². The minimum atomic E-state index is -1.17. The van der Waals surface area contributed by atoms with E-state index in [0.717, 1.165) is 6.92 Å². The number of aliphatic carboxylic acids is 2. The van der Waals surface area contributed by atoms with Crippen molar-refractivity contribution in [1.82, 2.24) is 0 Å². The SMILES string of the molecule is C=C(Cl)C(=O)O.CC(=O)O. The molecule has 0 aliphatic rings. The second-order valence-electron chi connectivity index (χ2n) is 1.23. The Hall–Kier alpha value is -1.03. The molecular formula is C5H7ClO4. The summed E-state index contributed by atoms with van der Waals surface area (Å²) < 4.78 is 0. The summed E-state index contributed by atoms with van der Waals surface area (Å²) in [5, 5.41) is 14.8. The molecule has 0 aliphatic carbocycles. The number of carboxylic acids is 2. The zero-order valence-corrected chi connectivity index (χ0v) is 6.05.